The Hall–Kier alpha value is -1.39. The predicted molar refractivity (Wildman–Crippen MR) is 72.8 cm³/mol. The van der Waals surface area contributed by atoms with Crippen LogP contribution in [0, 0.1) is 0 Å². The zero-order valence-corrected chi connectivity index (χ0v) is 11.0. The van der Waals surface area contributed by atoms with E-state index in [1.54, 1.807) is 11.3 Å². The van der Waals surface area contributed by atoms with Crippen LogP contribution >= 0.6 is 11.3 Å². The lowest BCUT2D eigenvalue weighted by molar-refractivity contribution is 0.301. The van der Waals surface area contributed by atoms with Crippen molar-refractivity contribution in [2.45, 2.75) is 32.4 Å². The van der Waals surface area contributed by atoms with Gasteiger partial charge in [-0.15, -0.1) is 11.3 Å². The fraction of sp³-hybridized carbons (Fsp3) is 0.357. The van der Waals surface area contributed by atoms with Crippen LogP contribution in [0.5, 0.6) is 5.75 Å². The Morgan fingerprint density at radius 2 is 2.17 bits per heavy atom. The molecule has 2 aromatic rings. The first-order valence-electron chi connectivity index (χ1n) is 6.23. The summed E-state index contributed by atoms with van der Waals surface area (Å²) in [6.07, 6.45) is 3.66. The Labute approximate surface area is 111 Å². The van der Waals surface area contributed by atoms with E-state index in [-0.39, 0.29) is 0 Å². The van der Waals surface area contributed by atoms with E-state index in [9.17, 15) is 0 Å². The minimum atomic E-state index is 0.503. The van der Waals surface area contributed by atoms with Gasteiger partial charge in [-0.2, -0.15) is 0 Å². The van der Waals surface area contributed by atoms with Crippen molar-refractivity contribution >= 4 is 11.3 Å². The zero-order valence-electron chi connectivity index (χ0n) is 10.2. The van der Waals surface area contributed by atoms with E-state index in [0.717, 1.165) is 16.5 Å². The highest BCUT2D eigenvalue weighted by Crippen LogP contribution is 2.26. The van der Waals surface area contributed by atoms with Crippen LogP contribution in [-0.2, 0) is 26.0 Å². The van der Waals surface area contributed by atoms with Gasteiger partial charge in [0.25, 0.3) is 0 Å². The summed E-state index contributed by atoms with van der Waals surface area (Å²) in [7, 11) is 0. The molecule has 1 aliphatic rings. The highest BCUT2D eigenvalue weighted by molar-refractivity contribution is 7.09. The number of thiazole rings is 1. The Bertz CT molecular complexity index is 550. The van der Waals surface area contributed by atoms with Crippen molar-refractivity contribution in [3.05, 3.63) is 45.4 Å². The maximum absolute atomic E-state index is 5.78. The molecule has 4 heteroatoms. The SMILES string of the molecule is NCc1nc(COc2ccc3c(c2)CCC3)cs1. The van der Waals surface area contributed by atoms with Crippen LogP contribution < -0.4 is 10.5 Å². The van der Waals surface area contributed by atoms with Crippen molar-refractivity contribution in [1.29, 1.82) is 0 Å². The van der Waals surface area contributed by atoms with Crippen LogP contribution in [0.1, 0.15) is 28.2 Å². The normalized spacial score (nSPS) is 13.6. The summed E-state index contributed by atoms with van der Waals surface area (Å²) in [6.45, 7) is 1.03. The van der Waals surface area contributed by atoms with Gasteiger partial charge in [-0.3, -0.25) is 0 Å². The smallest absolute Gasteiger partial charge is 0.131 e. The Balaban J connectivity index is 1.66. The van der Waals surface area contributed by atoms with E-state index in [0.29, 0.717) is 13.2 Å². The first-order chi connectivity index (χ1) is 8.85. The lowest BCUT2D eigenvalue weighted by Gasteiger charge is -2.06. The van der Waals surface area contributed by atoms with E-state index in [1.807, 2.05) is 5.38 Å². The average Bonchev–Trinajstić information content (AvgIpc) is 3.04. The molecule has 2 N–H and O–H groups in total. The van der Waals surface area contributed by atoms with Gasteiger partial charge in [0.05, 0.1) is 5.69 Å². The van der Waals surface area contributed by atoms with Gasteiger partial charge in [-0.25, -0.2) is 4.98 Å². The molecule has 0 radical (unpaired) electrons. The number of ether oxygens (including phenoxy) is 1. The Morgan fingerprint density at radius 3 is 3.00 bits per heavy atom. The van der Waals surface area contributed by atoms with Crippen molar-refractivity contribution in [3.63, 3.8) is 0 Å². The molecule has 18 heavy (non-hydrogen) atoms. The van der Waals surface area contributed by atoms with Crippen molar-refractivity contribution in [2.24, 2.45) is 5.73 Å². The van der Waals surface area contributed by atoms with Crippen LogP contribution in [0.15, 0.2) is 23.6 Å². The van der Waals surface area contributed by atoms with Crippen LogP contribution in [0.4, 0.5) is 0 Å². The van der Waals surface area contributed by atoms with Gasteiger partial charge in [0.1, 0.15) is 17.4 Å². The molecule has 0 bridgehead atoms. The third kappa shape index (κ3) is 2.40. The average molecular weight is 260 g/mol. The molecule has 0 unspecified atom stereocenters. The number of nitrogens with zero attached hydrogens (tertiary/aromatic N) is 1. The van der Waals surface area contributed by atoms with Gasteiger partial charge in [0, 0.05) is 11.9 Å². The summed E-state index contributed by atoms with van der Waals surface area (Å²) >= 11 is 1.59. The molecule has 0 saturated heterocycles. The van der Waals surface area contributed by atoms with Crippen molar-refractivity contribution < 1.29 is 4.74 Å². The lowest BCUT2D eigenvalue weighted by Crippen LogP contribution is -1.99. The predicted octanol–water partition coefficient (Wildman–Crippen LogP) is 2.67. The summed E-state index contributed by atoms with van der Waals surface area (Å²) in [5.41, 5.74) is 9.41. The van der Waals surface area contributed by atoms with E-state index in [1.165, 1.54) is 30.4 Å². The Kier molecular flexibility index (Phi) is 3.30. The van der Waals surface area contributed by atoms with Crippen LogP contribution in [0.2, 0.25) is 0 Å². The molecule has 0 fully saturated rings. The number of aryl methyl sites for hydroxylation is 2. The lowest BCUT2D eigenvalue weighted by atomic mass is 10.1. The number of aromatic nitrogens is 1. The van der Waals surface area contributed by atoms with Gasteiger partial charge in [0.15, 0.2) is 0 Å². The number of benzene rings is 1. The highest BCUT2D eigenvalue weighted by atomic mass is 32.1. The molecule has 1 aromatic heterocycles. The molecule has 0 aliphatic heterocycles. The topological polar surface area (TPSA) is 48.1 Å². The molecule has 1 aliphatic carbocycles. The summed E-state index contributed by atoms with van der Waals surface area (Å²) in [5, 5.41) is 2.97. The second kappa shape index (κ2) is 5.08. The number of nitrogens with two attached hydrogens (primary N) is 1. The second-order valence-corrected chi connectivity index (χ2v) is 5.45. The Morgan fingerprint density at radius 1 is 1.28 bits per heavy atom. The molecule has 3 nitrogen and oxygen atoms in total. The summed E-state index contributed by atoms with van der Waals surface area (Å²) in [4.78, 5) is 4.38. The maximum atomic E-state index is 5.78. The van der Waals surface area contributed by atoms with Crippen molar-refractivity contribution in [3.8, 4) is 5.75 Å². The summed E-state index contributed by atoms with van der Waals surface area (Å²) in [6, 6.07) is 6.41. The summed E-state index contributed by atoms with van der Waals surface area (Å²) in [5.74, 6) is 0.943. The third-order valence-electron chi connectivity index (χ3n) is 3.23. The standard InChI is InChI=1S/C14H16N2OS/c15-7-14-16-12(9-18-14)8-17-13-5-4-10-2-1-3-11(10)6-13/h4-6,9H,1-3,7-8,15H2. The highest BCUT2D eigenvalue weighted by Gasteiger charge is 2.11. The molecule has 0 saturated carbocycles. The number of hydrogen-bond donors (Lipinski definition) is 1. The van der Waals surface area contributed by atoms with E-state index in [2.05, 4.69) is 23.2 Å². The van der Waals surface area contributed by atoms with Crippen LogP contribution in [-0.4, -0.2) is 4.98 Å². The molecule has 94 valence electrons. The van der Waals surface area contributed by atoms with Crippen molar-refractivity contribution in [1.82, 2.24) is 4.98 Å². The quantitative estimate of drug-likeness (QED) is 0.919. The van der Waals surface area contributed by atoms with Gasteiger partial charge in [0.2, 0.25) is 0 Å². The van der Waals surface area contributed by atoms with E-state index in [4.69, 9.17) is 10.5 Å². The fourth-order valence-electron chi connectivity index (χ4n) is 2.30. The molecular weight excluding hydrogens is 244 g/mol. The minimum absolute atomic E-state index is 0.503. The van der Waals surface area contributed by atoms with Crippen LogP contribution in [0.3, 0.4) is 0 Å². The first-order valence-corrected chi connectivity index (χ1v) is 7.11. The molecule has 0 amide bonds. The largest absolute Gasteiger partial charge is 0.487 e. The van der Waals surface area contributed by atoms with Gasteiger partial charge < -0.3 is 10.5 Å². The molecule has 1 aromatic carbocycles. The molecule has 1 heterocycles. The molecule has 0 spiro atoms. The first kappa shape index (κ1) is 11.7. The van der Waals surface area contributed by atoms with Gasteiger partial charge >= 0.3 is 0 Å². The van der Waals surface area contributed by atoms with Crippen LogP contribution in [0.25, 0.3) is 0 Å². The second-order valence-electron chi connectivity index (χ2n) is 4.51. The molecule has 3 rings (SSSR count). The number of rotatable bonds is 4. The number of fused-ring (bicyclic) bond motifs is 1. The molecule has 0 atom stereocenters. The number of hydrogen-bond acceptors (Lipinski definition) is 4. The monoisotopic (exact) mass is 260 g/mol. The molecular formula is C14H16N2OS. The zero-order chi connectivity index (χ0) is 12.4. The maximum Gasteiger partial charge on any atom is 0.131 e. The summed E-state index contributed by atoms with van der Waals surface area (Å²) < 4.78 is 5.78. The third-order valence-corrected chi connectivity index (χ3v) is 4.15. The van der Waals surface area contributed by atoms with Gasteiger partial charge in [-0.05, 0) is 42.5 Å². The minimum Gasteiger partial charge on any atom is -0.487 e. The van der Waals surface area contributed by atoms with E-state index < -0.39 is 0 Å². The fourth-order valence-corrected chi connectivity index (χ4v) is 2.96. The van der Waals surface area contributed by atoms with Gasteiger partial charge in [-0.1, -0.05) is 6.07 Å². The van der Waals surface area contributed by atoms with E-state index >= 15 is 0 Å². The van der Waals surface area contributed by atoms with Crippen molar-refractivity contribution in [2.75, 3.05) is 0 Å².